The van der Waals surface area contributed by atoms with Gasteiger partial charge in [0.05, 0.1) is 12.5 Å². The van der Waals surface area contributed by atoms with E-state index in [1.54, 1.807) is 0 Å². The summed E-state index contributed by atoms with van der Waals surface area (Å²) in [5.41, 5.74) is 0. The number of imide groups is 1. The molecule has 0 radical (unpaired) electrons. The molecule has 2 saturated carbocycles. The van der Waals surface area contributed by atoms with Gasteiger partial charge in [0.2, 0.25) is 12.3 Å². The van der Waals surface area contributed by atoms with E-state index in [9.17, 15) is 24.4 Å². The van der Waals surface area contributed by atoms with Crippen LogP contribution < -0.4 is 10.6 Å². The third kappa shape index (κ3) is 5.68. The number of hydroxylamine groups is 2. The van der Waals surface area contributed by atoms with Gasteiger partial charge in [0.1, 0.15) is 6.04 Å². The van der Waals surface area contributed by atoms with E-state index in [-0.39, 0.29) is 18.5 Å². The lowest BCUT2D eigenvalue weighted by atomic mass is 9.91. The summed E-state index contributed by atoms with van der Waals surface area (Å²) in [4.78, 5) is 50.2. The molecule has 1 heterocycles. The highest BCUT2D eigenvalue weighted by Gasteiger charge is 2.39. The number of nitrogens with one attached hydrogen (secondary N) is 2. The number of rotatable bonds is 8. The molecule has 162 valence electrons. The van der Waals surface area contributed by atoms with Gasteiger partial charge in [-0.2, -0.15) is 0 Å². The maximum Gasteiger partial charge on any atom is 0.321 e. The lowest BCUT2D eigenvalue weighted by Gasteiger charge is -2.30. The molecule has 3 fully saturated rings. The van der Waals surface area contributed by atoms with Crippen molar-refractivity contribution >= 4 is 24.3 Å². The fourth-order valence-electron chi connectivity index (χ4n) is 4.68. The lowest BCUT2D eigenvalue weighted by Crippen LogP contribution is -2.54. The first-order valence-corrected chi connectivity index (χ1v) is 10.8. The molecule has 0 spiro atoms. The van der Waals surface area contributed by atoms with Gasteiger partial charge < -0.3 is 10.2 Å². The zero-order valence-electron chi connectivity index (χ0n) is 16.8. The summed E-state index contributed by atoms with van der Waals surface area (Å²) >= 11 is 0. The Morgan fingerprint density at radius 2 is 1.79 bits per heavy atom. The first kappa shape index (κ1) is 21.5. The quantitative estimate of drug-likeness (QED) is 0.319. The molecule has 9 nitrogen and oxygen atoms in total. The van der Waals surface area contributed by atoms with Crippen molar-refractivity contribution in [2.24, 2.45) is 11.8 Å². The normalized spacial score (nSPS) is 23.3. The summed E-state index contributed by atoms with van der Waals surface area (Å²) in [7, 11) is 0. The van der Waals surface area contributed by atoms with Gasteiger partial charge in [-0.25, -0.2) is 9.86 Å². The van der Waals surface area contributed by atoms with Crippen molar-refractivity contribution in [2.45, 2.75) is 76.3 Å². The fourth-order valence-corrected chi connectivity index (χ4v) is 4.68. The van der Waals surface area contributed by atoms with Crippen molar-refractivity contribution in [3.05, 3.63) is 0 Å². The minimum atomic E-state index is -0.691. The van der Waals surface area contributed by atoms with E-state index in [1.807, 2.05) is 0 Å². The van der Waals surface area contributed by atoms with Crippen LogP contribution in [0.1, 0.15) is 64.2 Å². The molecule has 0 aromatic carbocycles. The van der Waals surface area contributed by atoms with Crippen LogP contribution in [0.5, 0.6) is 0 Å². The molecule has 0 aromatic rings. The largest absolute Gasteiger partial charge is 0.335 e. The van der Waals surface area contributed by atoms with Crippen LogP contribution in [0, 0.1) is 11.8 Å². The Morgan fingerprint density at radius 3 is 2.41 bits per heavy atom. The molecule has 29 heavy (non-hydrogen) atoms. The maximum absolute atomic E-state index is 13.2. The number of urea groups is 1. The number of carbonyl (C=O) groups is 4. The van der Waals surface area contributed by atoms with Crippen molar-refractivity contribution < 1.29 is 24.4 Å². The Kier molecular flexibility index (Phi) is 7.46. The van der Waals surface area contributed by atoms with Crippen molar-refractivity contribution in [3.63, 3.8) is 0 Å². The van der Waals surface area contributed by atoms with E-state index in [2.05, 4.69) is 10.6 Å². The standard InChI is InChI=1S/C20H32N4O5/c25-13-23(29)12-15(11-14-5-1-2-6-14)19(27)24-10-4-9-17(24)18(26)22-20(28)21-16-7-3-8-16/h13-17,29H,1-12H2,(H2,21,22,26,28)/t15?,17-/m0/s1. The molecule has 1 unspecified atom stereocenters. The Morgan fingerprint density at radius 1 is 1.07 bits per heavy atom. The molecule has 1 saturated heterocycles. The first-order chi connectivity index (χ1) is 14.0. The molecule has 1 aliphatic heterocycles. The Balaban J connectivity index is 1.60. The van der Waals surface area contributed by atoms with Crippen molar-refractivity contribution in [2.75, 3.05) is 13.1 Å². The molecule has 0 bridgehead atoms. The zero-order chi connectivity index (χ0) is 20.8. The van der Waals surface area contributed by atoms with Crippen LogP contribution in [0.4, 0.5) is 4.79 Å². The van der Waals surface area contributed by atoms with E-state index in [0.717, 1.165) is 44.9 Å². The van der Waals surface area contributed by atoms with Gasteiger partial charge in [-0.05, 0) is 44.4 Å². The fraction of sp³-hybridized carbons (Fsp3) is 0.800. The minimum absolute atomic E-state index is 0.0775. The Labute approximate surface area is 171 Å². The van der Waals surface area contributed by atoms with Crippen LogP contribution >= 0.6 is 0 Å². The molecule has 2 aliphatic carbocycles. The second-order valence-corrected chi connectivity index (χ2v) is 8.59. The number of hydrogen-bond acceptors (Lipinski definition) is 5. The highest BCUT2D eigenvalue weighted by atomic mass is 16.5. The van der Waals surface area contributed by atoms with Gasteiger partial charge in [0.25, 0.3) is 5.91 Å². The van der Waals surface area contributed by atoms with Gasteiger partial charge in [-0.1, -0.05) is 25.7 Å². The summed E-state index contributed by atoms with van der Waals surface area (Å²) in [6, 6.07) is -1.08. The summed E-state index contributed by atoms with van der Waals surface area (Å²) in [6.45, 7) is 0.362. The highest BCUT2D eigenvalue weighted by Crippen LogP contribution is 2.32. The summed E-state index contributed by atoms with van der Waals surface area (Å²) in [5.74, 6) is -0.851. The van der Waals surface area contributed by atoms with Crippen molar-refractivity contribution in [1.82, 2.24) is 20.6 Å². The third-order valence-electron chi connectivity index (χ3n) is 6.49. The van der Waals surface area contributed by atoms with Crippen LogP contribution in [-0.2, 0) is 14.4 Å². The van der Waals surface area contributed by atoms with Crippen LogP contribution in [0.25, 0.3) is 0 Å². The molecule has 3 aliphatic rings. The van der Waals surface area contributed by atoms with Gasteiger partial charge in [0.15, 0.2) is 0 Å². The summed E-state index contributed by atoms with van der Waals surface area (Å²) in [6.07, 6.45) is 9.35. The molecule has 3 rings (SSSR count). The monoisotopic (exact) mass is 408 g/mol. The lowest BCUT2D eigenvalue weighted by molar-refractivity contribution is -0.158. The number of hydrogen-bond donors (Lipinski definition) is 3. The van der Waals surface area contributed by atoms with E-state index in [1.165, 1.54) is 4.90 Å². The van der Waals surface area contributed by atoms with E-state index in [4.69, 9.17) is 0 Å². The SMILES string of the molecule is O=CN(O)CC(CC1CCCC1)C(=O)N1CCC[C@H]1C(=O)NC(=O)NC1CCC1. The number of nitrogens with zero attached hydrogens (tertiary/aromatic N) is 2. The summed E-state index contributed by atoms with van der Waals surface area (Å²) < 4.78 is 0. The predicted molar refractivity (Wildman–Crippen MR) is 104 cm³/mol. The van der Waals surface area contributed by atoms with Gasteiger partial charge >= 0.3 is 6.03 Å². The van der Waals surface area contributed by atoms with Crippen LogP contribution in [0.3, 0.4) is 0 Å². The van der Waals surface area contributed by atoms with Crippen LogP contribution in [0.15, 0.2) is 0 Å². The van der Waals surface area contributed by atoms with Gasteiger partial charge in [-0.3, -0.25) is 24.9 Å². The number of amides is 5. The van der Waals surface area contributed by atoms with E-state index in [0.29, 0.717) is 43.2 Å². The number of carbonyl (C=O) groups excluding carboxylic acids is 4. The zero-order valence-corrected chi connectivity index (χ0v) is 16.8. The molecule has 9 heteroatoms. The predicted octanol–water partition coefficient (Wildman–Crippen LogP) is 1.40. The Bertz CT molecular complexity index is 618. The summed E-state index contributed by atoms with van der Waals surface area (Å²) in [5, 5.41) is 15.3. The van der Waals surface area contributed by atoms with E-state index < -0.39 is 23.9 Å². The molecule has 3 N–H and O–H groups in total. The van der Waals surface area contributed by atoms with Crippen molar-refractivity contribution in [1.29, 1.82) is 0 Å². The smallest absolute Gasteiger partial charge is 0.321 e. The van der Waals surface area contributed by atoms with Gasteiger partial charge in [-0.15, -0.1) is 0 Å². The topological polar surface area (TPSA) is 119 Å². The molecule has 0 aromatic heterocycles. The van der Waals surface area contributed by atoms with Crippen LogP contribution in [-0.4, -0.2) is 64.6 Å². The van der Waals surface area contributed by atoms with E-state index >= 15 is 0 Å². The Hall–Kier alpha value is -2.16. The van der Waals surface area contributed by atoms with Crippen molar-refractivity contribution in [3.8, 4) is 0 Å². The average Bonchev–Trinajstić information content (AvgIpc) is 3.35. The maximum atomic E-state index is 13.2. The second-order valence-electron chi connectivity index (χ2n) is 8.59. The third-order valence-corrected chi connectivity index (χ3v) is 6.49. The van der Waals surface area contributed by atoms with Gasteiger partial charge in [0, 0.05) is 12.6 Å². The first-order valence-electron chi connectivity index (χ1n) is 10.8. The number of likely N-dealkylation sites (tertiary alicyclic amines) is 1. The second kappa shape index (κ2) is 10.0. The highest BCUT2D eigenvalue weighted by molar-refractivity contribution is 5.99. The minimum Gasteiger partial charge on any atom is -0.335 e. The molecule has 5 amide bonds. The molecule has 2 atom stereocenters. The molecular weight excluding hydrogens is 376 g/mol. The average molecular weight is 408 g/mol. The van der Waals surface area contributed by atoms with Crippen LogP contribution in [0.2, 0.25) is 0 Å². The molecular formula is C20H32N4O5.